The third-order valence-corrected chi connectivity index (χ3v) is 3.37. The Kier molecular flexibility index (Phi) is 4.87. The highest BCUT2D eigenvalue weighted by Gasteiger charge is 2.22. The first-order valence-electron chi connectivity index (χ1n) is 6.40. The van der Waals surface area contributed by atoms with Gasteiger partial charge < -0.3 is 14.8 Å². The van der Waals surface area contributed by atoms with Crippen LogP contribution in [-0.2, 0) is 11.3 Å². The van der Waals surface area contributed by atoms with Gasteiger partial charge in [0.25, 0.3) is 0 Å². The fraction of sp³-hybridized carbons (Fsp3) is 0.571. The Hall–Kier alpha value is -0.770. The lowest BCUT2D eigenvalue weighted by Crippen LogP contribution is -2.19. The summed E-state index contributed by atoms with van der Waals surface area (Å²) in [6.07, 6.45) is 2.78. The SMILES string of the molecule is CNCc1cc(Cl)ccc1OCC1CCC(C)O1. The van der Waals surface area contributed by atoms with Gasteiger partial charge in [0.05, 0.1) is 12.2 Å². The van der Waals surface area contributed by atoms with Crippen LogP contribution in [0.15, 0.2) is 18.2 Å². The zero-order valence-corrected chi connectivity index (χ0v) is 11.7. The molecule has 4 heteroatoms. The van der Waals surface area contributed by atoms with Crippen LogP contribution in [0.25, 0.3) is 0 Å². The van der Waals surface area contributed by atoms with Crippen LogP contribution in [0.1, 0.15) is 25.3 Å². The molecule has 0 aliphatic carbocycles. The van der Waals surface area contributed by atoms with Crippen molar-refractivity contribution in [1.29, 1.82) is 0 Å². The van der Waals surface area contributed by atoms with E-state index in [1.54, 1.807) is 0 Å². The Morgan fingerprint density at radius 2 is 2.28 bits per heavy atom. The quantitative estimate of drug-likeness (QED) is 0.891. The van der Waals surface area contributed by atoms with E-state index in [-0.39, 0.29) is 6.10 Å². The first-order valence-corrected chi connectivity index (χ1v) is 6.78. The summed E-state index contributed by atoms with van der Waals surface area (Å²) < 4.78 is 11.6. The molecule has 2 rings (SSSR count). The number of ether oxygens (including phenoxy) is 2. The van der Waals surface area contributed by atoms with Crippen molar-refractivity contribution in [1.82, 2.24) is 5.32 Å². The topological polar surface area (TPSA) is 30.5 Å². The van der Waals surface area contributed by atoms with Crippen LogP contribution in [-0.4, -0.2) is 25.9 Å². The van der Waals surface area contributed by atoms with Gasteiger partial charge in [0.15, 0.2) is 0 Å². The molecule has 0 radical (unpaired) electrons. The number of hydrogen-bond acceptors (Lipinski definition) is 3. The third kappa shape index (κ3) is 3.61. The van der Waals surface area contributed by atoms with Gasteiger partial charge in [-0.1, -0.05) is 11.6 Å². The van der Waals surface area contributed by atoms with Crippen molar-refractivity contribution in [3.05, 3.63) is 28.8 Å². The van der Waals surface area contributed by atoms with Crippen LogP contribution < -0.4 is 10.1 Å². The second kappa shape index (κ2) is 6.41. The highest BCUT2D eigenvalue weighted by atomic mass is 35.5. The molecule has 18 heavy (non-hydrogen) atoms. The van der Waals surface area contributed by atoms with Crippen molar-refractivity contribution < 1.29 is 9.47 Å². The number of benzene rings is 1. The van der Waals surface area contributed by atoms with Gasteiger partial charge in [0, 0.05) is 17.1 Å². The molecule has 1 aliphatic heterocycles. The van der Waals surface area contributed by atoms with Gasteiger partial charge in [0.1, 0.15) is 12.4 Å². The minimum Gasteiger partial charge on any atom is -0.491 e. The van der Waals surface area contributed by atoms with Gasteiger partial charge in [-0.25, -0.2) is 0 Å². The van der Waals surface area contributed by atoms with Crippen LogP contribution in [0.2, 0.25) is 5.02 Å². The monoisotopic (exact) mass is 269 g/mol. The van der Waals surface area contributed by atoms with Gasteiger partial charge in [-0.05, 0) is 45.0 Å². The largest absolute Gasteiger partial charge is 0.491 e. The fourth-order valence-electron chi connectivity index (χ4n) is 2.21. The summed E-state index contributed by atoms with van der Waals surface area (Å²) in [7, 11) is 1.91. The maximum Gasteiger partial charge on any atom is 0.124 e. The Balaban J connectivity index is 1.95. The summed E-state index contributed by atoms with van der Waals surface area (Å²) in [4.78, 5) is 0. The lowest BCUT2D eigenvalue weighted by atomic mass is 10.2. The normalized spacial score (nSPS) is 23.3. The molecule has 1 heterocycles. The van der Waals surface area contributed by atoms with E-state index in [0.29, 0.717) is 12.7 Å². The van der Waals surface area contributed by atoms with Gasteiger partial charge in [0.2, 0.25) is 0 Å². The molecule has 1 fully saturated rings. The van der Waals surface area contributed by atoms with Crippen molar-refractivity contribution >= 4 is 11.6 Å². The first-order chi connectivity index (χ1) is 8.69. The first kappa shape index (κ1) is 13.7. The fourth-order valence-corrected chi connectivity index (χ4v) is 2.40. The molecule has 1 saturated heterocycles. The van der Waals surface area contributed by atoms with Crippen LogP contribution in [0.3, 0.4) is 0 Å². The highest BCUT2D eigenvalue weighted by Crippen LogP contribution is 2.25. The van der Waals surface area contributed by atoms with Crippen LogP contribution in [0.5, 0.6) is 5.75 Å². The molecule has 1 N–H and O–H groups in total. The number of rotatable bonds is 5. The maximum atomic E-state index is 5.99. The van der Waals surface area contributed by atoms with Crippen molar-refractivity contribution in [2.24, 2.45) is 0 Å². The van der Waals surface area contributed by atoms with Gasteiger partial charge >= 0.3 is 0 Å². The summed E-state index contributed by atoms with van der Waals surface area (Å²) in [5, 5.41) is 3.85. The number of halogens is 1. The molecule has 100 valence electrons. The van der Waals surface area contributed by atoms with E-state index in [1.807, 2.05) is 25.2 Å². The van der Waals surface area contributed by atoms with Crippen LogP contribution in [0.4, 0.5) is 0 Å². The molecule has 0 spiro atoms. The molecule has 1 aromatic rings. The summed E-state index contributed by atoms with van der Waals surface area (Å²) in [5.41, 5.74) is 1.08. The van der Waals surface area contributed by atoms with E-state index >= 15 is 0 Å². The van der Waals surface area contributed by atoms with Crippen LogP contribution in [0, 0.1) is 0 Å². The minimum absolute atomic E-state index is 0.220. The summed E-state index contributed by atoms with van der Waals surface area (Å²) in [6.45, 7) is 3.47. The third-order valence-electron chi connectivity index (χ3n) is 3.13. The molecule has 0 amide bonds. The standard InChI is InChI=1S/C14H20ClNO2/c1-10-3-5-13(18-10)9-17-14-6-4-12(15)7-11(14)8-16-2/h4,6-7,10,13,16H,3,5,8-9H2,1-2H3. The maximum absolute atomic E-state index is 5.99. The Bertz CT molecular complexity index is 397. The molecule has 0 saturated carbocycles. The molecular formula is C14H20ClNO2. The Morgan fingerprint density at radius 1 is 1.44 bits per heavy atom. The van der Waals surface area contributed by atoms with Gasteiger partial charge in [-0.15, -0.1) is 0 Å². The second-order valence-corrected chi connectivity index (χ2v) is 5.18. The highest BCUT2D eigenvalue weighted by molar-refractivity contribution is 6.30. The van der Waals surface area contributed by atoms with Crippen molar-refractivity contribution in [2.75, 3.05) is 13.7 Å². The zero-order chi connectivity index (χ0) is 13.0. The lowest BCUT2D eigenvalue weighted by Gasteiger charge is -2.15. The molecule has 0 aromatic heterocycles. The minimum atomic E-state index is 0.220. The molecule has 3 nitrogen and oxygen atoms in total. The Morgan fingerprint density at radius 3 is 2.94 bits per heavy atom. The predicted octanol–water partition coefficient (Wildman–Crippen LogP) is 3.01. The van der Waals surface area contributed by atoms with E-state index in [4.69, 9.17) is 21.1 Å². The lowest BCUT2D eigenvalue weighted by molar-refractivity contribution is 0.0262. The van der Waals surface area contributed by atoms with E-state index in [1.165, 1.54) is 0 Å². The second-order valence-electron chi connectivity index (χ2n) is 4.74. The van der Waals surface area contributed by atoms with Crippen LogP contribution >= 0.6 is 11.6 Å². The molecular weight excluding hydrogens is 250 g/mol. The average Bonchev–Trinajstić information content (AvgIpc) is 2.75. The van der Waals surface area contributed by atoms with E-state index in [9.17, 15) is 0 Å². The molecule has 1 aliphatic rings. The summed E-state index contributed by atoms with van der Waals surface area (Å²) in [6, 6.07) is 5.72. The zero-order valence-electron chi connectivity index (χ0n) is 10.9. The van der Waals surface area contributed by atoms with Gasteiger partial charge in [-0.2, -0.15) is 0 Å². The van der Waals surface area contributed by atoms with Gasteiger partial charge in [-0.3, -0.25) is 0 Å². The molecule has 0 bridgehead atoms. The molecule has 1 aromatic carbocycles. The molecule has 2 unspecified atom stereocenters. The van der Waals surface area contributed by atoms with E-state index in [0.717, 1.165) is 35.7 Å². The predicted molar refractivity (Wildman–Crippen MR) is 73.3 cm³/mol. The van der Waals surface area contributed by atoms with Crippen molar-refractivity contribution in [3.8, 4) is 5.75 Å². The Labute approximate surface area is 113 Å². The van der Waals surface area contributed by atoms with E-state index in [2.05, 4.69) is 12.2 Å². The average molecular weight is 270 g/mol. The number of nitrogens with one attached hydrogen (secondary N) is 1. The smallest absolute Gasteiger partial charge is 0.124 e. The van der Waals surface area contributed by atoms with E-state index < -0.39 is 0 Å². The molecule has 2 atom stereocenters. The van der Waals surface area contributed by atoms with Crippen molar-refractivity contribution in [2.45, 2.75) is 38.5 Å². The van der Waals surface area contributed by atoms with Crippen molar-refractivity contribution in [3.63, 3.8) is 0 Å². The summed E-state index contributed by atoms with van der Waals surface area (Å²) >= 11 is 5.99. The summed E-state index contributed by atoms with van der Waals surface area (Å²) in [5.74, 6) is 0.886. The number of hydrogen-bond donors (Lipinski definition) is 1.